The van der Waals surface area contributed by atoms with Crippen LogP contribution in [0.15, 0.2) is 28.5 Å². The monoisotopic (exact) mass is 293 g/mol. The molecule has 0 aliphatic carbocycles. The van der Waals surface area contributed by atoms with Crippen molar-refractivity contribution in [2.24, 2.45) is 5.92 Å². The highest BCUT2D eigenvalue weighted by Crippen LogP contribution is 2.21. The fourth-order valence-electron chi connectivity index (χ4n) is 2.90. The molecule has 0 radical (unpaired) electrons. The molecular formula is C14H19N3O4. The number of furan rings is 1. The minimum Gasteiger partial charge on any atom is -0.465 e. The molecule has 2 aliphatic heterocycles. The lowest BCUT2D eigenvalue weighted by Gasteiger charge is -2.24. The van der Waals surface area contributed by atoms with E-state index >= 15 is 0 Å². The molecule has 3 rings (SSSR count). The maximum atomic E-state index is 11.4. The van der Waals surface area contributed by atoms with E-state index in [1.165, 1.54) is 12.3 Å². The topological polar surface area (TPSA) is 80.8 Å². The predicted molar refractivity (Wildman–Crippen MR) is 76.0 cm³/mol. The summed E-state index contributed by atoms with van der Waals surface area (Å²) in [5.41, 5.74) is 0.126. The fraction of sp³-hybridized carbons (Fsp3) is 0.571. The van der Waals surface area contributed by atoms with Crippen molar-refractivity contribution < 1.29 is 14.1 Å². The molecule has 3 heterocycles. The third-order valence-corrected chi connectivity index (χ3v) is 3.94. The Labute approximate surface area is 122 Å². The lowest BCUT2D eigenvalue weighted by atomic mass is 10.1. The van der Waals surface area contributed by atoms with Crippen molar-refractivity contribution in [3.8, 4) is 0 Å². The van der Waals surface area contributed by atoms with Gasteiger partial charge in [0, 0.05) is 26.2 Å². The van der Waals surface area contributed by atoms with Crippen molar-refractivity contribution in [1.29, 1.82) is 0 Å². The molecule has 1 N–H and O–H groups in total. The summed E-state index contributed by atoms with van der Waals surface area (Å²) in [6.07, 6.45) is 3.67. The van der Waals surface area contributed by atoms with Gasteiger partial charge in [-0.3, -0.25) is 20.3 Å². The van der Waals surface area contributed by atoms with Gasteiger partial charge in [0.15, 0.2) is 6.17 Å². The first-order chi connectivity index (χ1) is 10.2. The lowest BCUT2D eigenvalue weighted by molar-refractivity contribution is -0.431. The second-order valence-corrected chi connectivity index (χ2v) is 5.42. The highest BCUT2D eigenvalue weighted by molar-refractivity contribution is 5.46. The van der Waals surface area contributed by atoms with E-state index < -0.39 is 0 Å². The minimum atomic E-state index is -0.370. The van der Waals surface area contributed by atoms with Gasteiger partial charge in [-0.05, 0) is 24.5 Å². The molecule has 0 aromatic carbocycles. The summed E-state index contributed by atoms with van der Waals surface area (Å²) in [6.45, 7) is 3.92. The Morgan fingerprint density at radius 2 is 2.52 bits per heavy atom. The molecule has 2 saturated heterocycles. The molecule has 2 aliphatic rings. The van der Waals surface area contributed by atoms with Gasteiger partial charge in [-0.2, -0.15) is 0 Å². The average molecular weight is 293 g/mol. The molecule has 2 atom stereocenters. The van der Waals surface area contributed by atoms with Crippen molar-refractivity contribution in [1.82, 2.24) is 10.2 Å². The maximum Gasteiger partial charge on any atom is 0.281 e. The quantitative estimate of drug-likeness (QED) is 0.648. The smallest absolute Gasteiger partial charge is 0.281 e. The Kier molecular flexibility index (Phi) is 4.33. The summed E-state index contributed by atoms with van der Waals surface area (Å²) in [5.74, 6) is 0.962. The van der Waals surface area contributed by atoms with Gasteiger partial charge < -0.3 is 9.15 Å². The first kappa shape index (κ1) is 14.2. The van der Waals surface area contributed by atoms with Gasteiger partial charge in [0.1, 0.15) is 5.76 Å². The Morgan fingerprint density at radius 3 is 3.19 bits per heavy atom. The standard InChI is InChI=1S/C14H19N3O4/c18-17(19)13(8-12-2-1-6-21-12)14-15-4-5-16(14)9-11-3-7-20-10-11/h1-2,6,8,11,14-15H,3-5,7,9-10H2/b13-8-. The van der Waals surface area contributed by atoms with E-state index in [9.17, 15) is 10.1 Å². The van der Waals surface area contributed by atoms with E-state index in [4.69, 9.17) is 9.15 Å². The first-order valence-electron chi connectivity index (χ1n) is 7.18. The molecule has 0 spiro atoms. The molecule has 0 amide bonds. The maximum absolute atomic E-state index is 11.4. The summed E-state index contributed by atoms with van der Waals surface area (Å²) in [6, 6.07) is 3.44. The van der Waals surface area contributed by atoms with Gasteiger partial charge >= 0.3 is 0 Å². The zero-order valence-corrected chi connectivity index (χ0v) is 11.7. The van der Waals surface area contributed by atoms with Gasteiger partial charge in [-0.25, -0.2) is 0 Å². The van der Waals surface area contributed by atoms with Crippen LogP contribution in [-0.4, -0.2) is 48.8 Å². The molecule has 1 aromatic heterocycles. The first-order valence-corrected chi connectivity index (χ1v) is 7.18. The van der Waals surface area contributed by atoms with Crippen molar-refractivity contribution in [3.63, 3.8) is 0 Å². The van der Waals surface area contributed by atoms with Crippen molar-refractivity contribution >= 4 is 6.08 Å². The summed E-state index contributed by atoms with van der Waals surface area (Å²) >= 11 is 0. The zero-order valence-electron chi connectivity index (χ0n) is 11.7. The molecule has 0 bridgehead atoms. The largest absolute Gasteiger partial charge is 0.465 e. The average Bonchev–Trinajstić information content (AvgIpc) is 3.19. The van der Waals surface area contributed by atoms with Crippen LogP contribution < -0.4 is 5.32 Å². The van der Waals surface area contributed by atoms with E-state index in [1.54, 1.807) is 12.1 Å². The third-order valence-electron chi connectivity index (χ3n) is 3.94. The summed E-state index contributed by atoms with van der Waals surface area (Å²) in [5, 5.41) is 14.6. The van der Waals surface area contributed by atoms with Crippen LogP contribution >= 0.6 is 0 Å². The van der Waals surface area contributed by atoms with Gasteiger partial charge in [0.2, 0.25) is 0 Å². The van der Waals surface area contributed by atoms with Gasteiger partial charge in [-0.1, -0.05) is 0 Å². The Bertz CT molecular complexity index is 508. The van der Waals surface area contributed by atoms with Crippen molar-refractivity contribution in [3.05, 3.63) is 40.0 Å². The van der Waals surface area contributed by atoms with Gasteiger partial charge in [0.05, 0.1) is 23.9 Å². The lowest BCUT2D eigenvalue weighted by Crippen LogP contribution is -2.42. The molecule has 0 saturated carbocycles. The number of rotatable bonds is 5. The van der Waals surface area contributed by atoms with E-state index in [0.717, 1.165) is 39.3 Å². The van der Waals surface area contributed by atoms with E-state index in [0.29, 0.717) is 11.7 Å². The second kappa shape index (κ2) is 6.38. The van der Waals surface area contributed by atoms with Crippen LogP contribution in [0.25, 0.3) is 6.08 Å². The SMILES string of the molecule is O=[N+]([O-])/C(=C\c1ccco1)C1NCCN1CC1CCOC1. The van der Waals surface area contributed by atoms with Gasteiger partial charge in [-0.15, -0.1) is 0 Å². The van der Waals surface area contributed by atoms with Crippen LogP contribution in [0.2, 0.25) is 0 Å². The van der Waals surface area contributed by atoms with E-state index in [2.05, 4.69) is 10.2 Å². The second-order valence-electron chi connectivity index (χ2n) is 5.42. The molecule has 21 heavy (non-hydrogen) atoms. The molecule has 2 fully saturated rings. The van der Waals surface area contributed by atoms with E-state index in [1.807, 2.05) is 0 Å². The van der Waals surface area contributed by atoms with Crippen LogP contribution in [0, 0.1) is 16.0 Å². The Hall–Kier alpha value is -1.70. The third kappa shape index (κ3) is 3.31. The summed E-state index contributed by atoms with van der Waals surface area (Å²) < 4.78 is 10.6. The number of nitrogens with zero attached hydrogens (tertiary/aromatic N) is 2. The predicted octanol–water partition coefficient (Wildman–Crippen LogP) is 1.17. The van der Waals surface area contributed by atoms with Crippen LogP contribution in [0.3, 0.4) is 0 Å². The van der Waals surface area contributed by atoms with Crippen LogP contribution in [-0.2, 0) is 4.74 Å². The normalized spacial score (nSPS) is 27.3. The van der Waals surface area contributed by atoms with E-state index in [-0.39, 0.29) is 16.8 Å². The zero-order chi connectivity index (χ0) is 14.7. The Morgan fingerprint density at radius 1 is 1.62 bits per heavy atom. The molecule has 7 nitrogen and oxygen atoms in total. The molecule has 1 aromatic rings. The number of hydrogen-bond donors (Lipinski definition) is 1. The summed E-state index contributed by atoms with van der Waals surface area (Å²) in [4.78, 5) is 13.2. The van der Waals surface area contributed by atoms with Crippen LogP contribution in [0.4, 0.5) is 0 Å². The van der Waals surface area contributed by atoms with Gasteiger partial charge in [0.25, 0.3) is 5.70 Å². The minimum absolute atomic E-state index is 0.126. The van der Waals surface area contributed by atoms with Crippen molar-refractivity contribution in [2.45, 2.75) is 12.6 Å². The number of hydrogen-bond acceptors (Lipinski definition) is 6. The molecular weight excluding hydrogens is 274 g/mol. The fourth-order valence-corrected chi connectivity index (χ4v) is 2.90. The van der Waals surface area contributed by atoms with Crippen LogP contribution in [0.5, 0.6) is 0 Å². The van der Waals surface area contributed by atoms with Crippen LogP contribution in [0.1, 0.15) is 12.2 Å². The number of nitrogens with one attached hydrogen (secondary N) is 1. The Balaban J connectivity index is 1.76. The highest BCUT2D eigenvalue weighted by Gasteiger charge is 2.36. The molecule has 7 heteroatoms. The number of ether oxygens (including phenoxy) is 1. The summed E-state index contributed by atoms with van der Waals surface area (Å²) in [7, 11) is 0. The highest BCUT2D eigenvalue weighted by atomic mass is 16.6. The number of nitro groups is 1. The molecule has 114 valence electrons. The molecule has 2 unspecified atom stereocenters. The van der Waals surface area contributed by atoms with Crippen molar-refractivity contribution in [2.75, 3.05) is 32.8 Å².